The second-order valence-electron chi connectivity index (χ2n) is 7.01. The van der Waals surface area contributed by atoms with E-state index in [-0.39, 0.29) is 0 Å². The van der Waals surface area contributed by atoms with Gasteiger partial charge >= 0.3 is 0 Å². The zero-order valence-electron chi connectivity index (χ0n) is 11.9. The highest BCUT2D eigenvalue weighted by Crippen LogP contribution is 2.25. The number of allylic oxidation sites excluding steroid dienone is 1. The molecule has 0 aromatic heterocycles. The third kappa shape index (κ3) is 10.2. The van der Waals surface area contributed by atoms with Crippen LogP contribution < -0.4 is 0 Å². The average Bonchev–Trinajstić information content (AvgIpc) is 1.97. The van der Waals surface area contributed by atoms with Crippen molar-refractivity contribution in [2.24, 2.45) is 0 Å². The molecular formula is C13H27NSi2. The number of hydrogen-bond donors (Lipinski definition) is 0. The molecule has 3 heteroatoms. The molecule has 0 unspecified atom stereocenters. The number of rotatable bonds is 6. The van der Waals surface area contributed by atoms with Gasteiger partial charge in [-0.15, -0.1) is 0 Å². The van der Waals surface area contributed by atoms with E-state index >= 15 is 0 Å². The Bertz CT molecular complexity index is 256. The Labute approximate surface area is 104 Å². The molecule has 0 bridgehead atoms. The number of hydrogen-bond acceptors (Lipinski definition) is 0. The minimum atomic E-state index is -1.00. The average molecular weight is 254 g/mol. The lowest BCUT2D eigenvalue weighted by atomic mass is 10.2. The summed E-state index contributed by atoms with van der Waals surface area (Å²) in [6.07, 6.45) is 3.31. The van der Waals surface area contributed by atoms with E-state index in [1.54, 1.807) is 5.57 Å². The predicted molar refractivity (Wildman–Crippen MR) is 80.5 cm³/mol. The van der Waals surface area contributed by atoms with Crippen LogP contribution in [0.1, 0.15) is 6.42 Å². The van der Waals surface area contributed by atoms with Crippen LogP contribution in [0.15, 0.2) is 11.6 Å². The van der Waals surface area contributed by atoms with Gasteiger partial charge < -0.3 is 4.85 Å². The summed E-state index contributed by atoms with van der Waals surface area (Å²) < 4.78 is 0. The second kappa shape index (κ2) is 6.41. The first kappa shape index (κ1) is 15.7. The summed E-state index contributed by atoms with van der Waals surface area (Å²) in [5.74, 6) is 0. The fourth-order valence-corrected chi connectivity index (χ4v) is 5.42. The molecule has 0 aliphatic carbocycles. The molecule has 0 aliphatic heterocycles. The summed E-state index contributed by atoms with van der Waals surface area (Å²) in [6, 6.07) is 2.63. The maximum Gasteiger partial charge on any atom is 0.218 e. The van der Waals surface area contributed by atoms with E-state index in [4.69, 9.17) is 6.57 Å². The van der Waals surface area contributed by atoms with Crippen LogP contribution in [0.25, 0.3) is 4.85 Å². The predicted octanol–water partition coefficient (Wildman–Crippen LogP) is 4.90. The Morgan fingerprint density at radius 2 is 1.44 bits per heavy atom. The second-order valence-corrected chi connectivity index (χ2v) is 18.0. The van der Waals surface area contributed by atoms with Gasteiger partial charge in [0, 0.05) is 22.6 Å². The lowest BCUT2D eigenvalue weighted by Gasteiger charge is -2.23. The molecule has 1 nitrogen and oxygen atoms in total. The molecule has 92 valence electrons. The highest BCUT2D eigenvalue weighted by molar-refractivity contribution is 6.78. The van der Waals surface area contributed by atoms with Crippen molar-refractivity contribution in [2.45, 2.75) is 57.8 Å². The minimum absolute atomic E-state index is 0.654. The van der Waals surface area contributed by atoms with E-state index in [1.807, 2.05) is 0 Å². The summed E-state index contributed by atoms with van der Waals surface area (Å²) in [4.78, 5) is 3.43. The van der Waals surface area contributed by atoms with Crippen LogP contribution in [0.2, 0.25) is 51.4 Å². The van der Waals surface area contributed by atoms with Gasteiger partial charge in [0.1, 0.15) is 0 Å². The van der Waals surface area contributed by atoms with Crippen molar-refractivity contribution in [1.82, 2.24) is 0 Å². The maximum atomic E-state index is 6.82. The molecule has 0 radical (unpaired) electrons. The third-order valence-electron chi connectivity index (χ3n) is 2.19. The van der Waals surface area contributed by atoms with Gasteiger partial charge in [0.2, 0.25) is 6.54 Å². The summed E-state index contributed by atoms with van der Waals surface area (Å²) >= 11 is 0. The normalized spacial score (nSPS) is 12.1. The van der Waals surface area contributed by atoms with E-state index in [0.717, 1.165) is 6.42 Å². The van der Waals surface area contributed by atoms with Gasteiger partial charge in [-0.3, -0.25) is 0 Å². The Morgan fingerprint density at radius 1 is 1.00 bits per heavy atom. The molecule has 0 aromatic carbocycles. The van der Waals surface area contributed by atoms with Gasteiger partial charge in [0.25, 0.3) is 0 Å². The van der Waals surface area contributed by atoms with E-state index in [9.17, 15) is 0 Å². The van der Waals surface area contributed by atoms with E-state index in [2.05, 4.69) is 50.2 Å². The highest BCUT2D eigenvalue weighted by atomic mass is 28.3. The van der Waals surface area contributed by atoms with Gasteiger partial charge in [-0.25, -0.2) is 6.57 Å². The van der Waals surface area contributed by atoms with Crippen molar-refractivity contribution in [3.63, 3.8) is 0 Å². The molecule has 0 atom stereocenters. The quantitative estimate of drug-likeness (QED) is 0.274. The first-order valence-corrected chi connectivity index (χ1v) is 13.6. The fraction of sp³-hybridized carbons (Fsp3) is 0.769. The Kier molecular flexibility index (Phi) is 6.28. The third-order valence-corrected chi connectivity index (χ3v) is 5.22. The molecule has 0 amide bonds. The van der Waals surface area contributed by atoms with Crippen LogP contribution in [0.5, 0.6) is 0 Å². The van der Waals surface area contributed by atoms with Crippen molar-refractivity contribution < 1.29 is 0 Å². The molecule has 0 N–H and O–H groups in total. The topological polar surface area (TPSA) is 4.36 Å². The van der Waals surface area contributed by atoms with Gasteiger partial charge in [0.15, 0.2) is 0 Å². The Hall–Kier alpha value is -0.336. The van der Waals surface area contributed by atoms with Crippen LogP contribution in [-0.2, 0) is 0 Å². The first-order chi connectivity index (χ1) is 7.14. The fourth-order valence-electron chi connectivity index (χ4n) is 1.90. The van der Waals surface area contributed by atoms with Gasteiger partial charge in [-0.2, -0.15) is 0 Å². The largest absolute Gasteiger partial charge is 0.317 e. The van der Waals surface area contributed by atoms with Gasteiger partial charge in [-0.1, -0.05) is 50.9 Å². The summed E-state index contributed by atoms with van der Waals surface area (Å²) in [6.45, 7) is 22.1. The molecule has 0 saturated carbocycles. The number of nitrogens with zero attached hydrogens (tertiary/aromatic N) is 1. The van der Waals surface area contributed by atoms with Crippen LogP contribution in [0.4, 0.5) is 0 Å². The van der Waals surface area contributed by atoms with Crippen molar-refractivity contribution in [2.75, 3.05) is 6.54 Å². The standard InChI is InChI=1S/C13H27NSi2/c1-14-10-8-9-13(11-15(2,3)4)12-16(5,6)7/h9H,8,10-12H2,2-7H3. The summed E-state index contributed by atoms with van der Waals surface area (Å²) in [7, 11) is -2.01. The molecule has 0 aliphatic rings. The summed E-state index contributed by atoms with van der Waals surface area (Å²) in [5, 5.41) is 0. The van der Waals surface area contributed by atoms with Crippen LogP contribution >= 0.6 is 0 Å². The maximum absolute atomic E-state index is 6.82. The molecular weight excluding hydrogens is 226 g/mol. The zero-order chi connectivity index (χ0) is 12.8. The Balaban J connectivity index is 4.52. The van der Waals surface area contributed by atoms with E-state index in [1.165, 1.54) is 12.1 Å². The molecule has 0 rings (SSSR count). The van der Waals surface area contributed by atoms with Crippen molar-refractivity contribution in [3.05, 3.63) is 23.1 Å². The van der Waals surface area contributed by atoms with Gasteiger partial charge in [0.05, 0.1) is 0 Å². The molecule has 0 fully saturated rings. The van der Waals surface area contributed by atoms with Crippen LogP contribution in [0.3, 0.4) is 0 Å². The van der Waals surface area contributed by atoms with Crippen LogP contribution in [-0.4, -0.2) is 22.7 Å². The smallest absolute Gasteiger partial charge is 0.218 e. The molecule has 0 saturated heterocycles. The van der Waals surface area contributed by atoms with Gasteiger partial charge in [-0.05, 0) is 12.1 Å². The van der Waals surface area contributed by atoms with Crippen molar-refractivity contribution in [1.29, 1.82) is 0 Å². The monoisotopic (exact) mass is 253 g/mol. The summed E-state index contributed by atoms with van der Waals surface area (Å²) in [5.41, 5.74) is 1.64. The minimum Gasteiger partial charge on any atom is -0.317 e. The molecule has 0 aromatic rings. The first-order valence-electron chi connectivity index (χ1n) is 6.15. The zero-order valence-corrected chi connectivity index (χ0v) is 13.9. The van der Waals surface area contributed by atoms with Crippen LogP contribution in [0, 0.1) is 6.57 Å². The highest BCUT2D eigenvalue weighted by Gasteiger charge is 2.20. The SMILES string of the molecule is [C-]#[N+]CCC=C(C[Si](C)(C)C)C[Si](C)(C)C. The van der Waals surface area contributed by atoms with Crippen molar-refractivity contribution in [3.8, 4) is 0 Å². The Morgan fingerprint density at radius 3 is 1.75 bits per heavy atom. The lowest BCUT2D eigenvalue weighted by molar-refractivity contribution is 1.10. The van der Waals surface area contributed by atoms with E-state index < -0.39 is 16.1 Å². The van der Waals surface area contributed by atoms with E-state index in [0.29, 0.717) is 6.54 Å². The molecule has 0 heterocycles. The molecule has 0 spiro atoms. The van der Waals surface area contributed by atoms with Crippen molar-refractivity contribution >= 4 is 16.1 Å². The lowest BCUT2D eigenvalue weighted by Crippen LogP contribution is -2.25. The molecule has 16 heavy (non-hydrogen) atoms.